The number of rotatable bonds is 6. The summed E-state index contributed by atoms with van der Waals surface area (Å²) in [5.41, 5.74) is 2.21. The second kappa shape index (κ2) is 8.56. The minimum absolute atomic E-state index is 0.00182. The van der Waals surface area contributed by atoms with Gasteiger partial charge in [-0.3, -0.25) is 9.59 Å². The van der Waals surface area contributed by atoms with Gasteiger partial charge in [0, 0.05) is 13.1 Å². The molecule has 0 unspecified atom stereocenters. The van der Waals surface area contributed by atoms with Crippen molar-refractivity contribution in [2.45, 2.75) is 31.8 Å². The third-order valence-corrected chi connectivity index (χ3v) is 6.84. The summed E-state index contributed by atoms with van der Waals surface area (Å²) in [5, 5.41) is 5.37. The van der Waals surface area contributed by atoms with Crippen molar-refractivity contribution in [3.05, 3.63) is 41.5 Å². The molecule has 1 heterocycles. The van der Waals surface area contributed by atoms with Crippen LogP contribution in [0.2, 0.25) is 0 Å². The molecule has 166 valence electrons. The largest absolute Gasteiger partial charge is 0.495 e. The molecule has 3 rings (SSSR count). The predicted octanol–water partition coefficient (Wildman–Crippen LogP) is 2.29. The standard InChI is InChI=1S/C21H25N3O6S/c1-12-6-7-17(29-5)15(8-12)22-20(25)11-24(4)31(27,28)19-10-18-16(9-13(19)2)23-21(26)14(3)30-18/h6-10,14H,11H2,1-5H3,(H,22,25)(H,23,26)/t14-/m1/s1. The zero-order valence-corrected chi connectivity index (χ0v) is 18.8. The molecule has 0 radical (unpaired) electrons. The number of hydrogen-bond acceptors (Lipinski definition) is 6. The molecule has 1 aliphatic rings. The number of nitrogens with zero attached hydrogens (tertiary/aromatic N) is 1. The van der Waals surface area contributed by atoms with Crippen LogP contribution in [-0.4, -0.2) is 51.3 Å². The molecule has 0 bridgehead atoms. The van der Waals surface area contributed by atoms with Crippen molar-refractivity contribution < 1.29 is 27.5 Å². The lowest BCUT2D eigenvalue weighted by Crippen LogP contribution is -2.36. The molecule has 0 aliphatic carbocycles. The molecule has 2 aromatic rings. The zero-order chi connectivity index (χ0) is 22.9. The Hall–Kier alpha value is -3.11. The van der Waals surface area contributed by atoms with Crippen LogP contribution in [-0.2, 0) is 19.6 Å². The minimum Gasteiger partial charge on any atom is -0.495 e. The third-order valence-electron chi connectivity index (χ3n) is 4.89. The van der Waals surface area contributed by atoms with Crippen LogP contribution < -0.4 is 20.1 Å². The first-order chi connectivity index (χ1) is 14.5. The molecule has 2 amide bonds. The van der Waals surface area contributed by atoms with Crippen molar-refractivity contribution in [1.29, 1.82) is 0 Å². The molecule has 0 saturated heterocycles. The van der Waals surface area contributed by atoms with Gasteiger partial charge in [-0.15, -0.1) is 0 Å². The third kappa shape index (κ3) is 4.64. The van der Waals surface area contributed by atoms with Crippen LogP contribution in [0.15, 0.2) is 35.2 Å². The first kappa shape index (κ1) is 22.6. The predicted molar refractivity (Wildman–Crippen MR) is 116 cm³/mol. The number of amides is 2. The van der Waals surface area contributed by atoms with Crippen LogP contribution in [0.25, 0.3) is 0 Å². The minimum atomic E-state index is -4.00. The molecule has 31 heavy (non-hydrogen) atoms. The summed E-state index contributed by atoms with van der Waals surface area (Å²) in [6.07, 6.45) is -0.737. The summed E-state index contributed by atoms with van der Waals surface area (Å²) in [5.74, 6) is -0.0764. The zero-order valence-electron chi connectivity index (χ0n) is 18.0. The highest BCUT2D eigenvalue weighted by Gasteiger charge is 2.30. The summed E-state index contributed by atoms with van der Waals surface area (Å²) in [4.78, 5) is 24.3. The highest BCUT2D eigenvalue weighted by atomic mass is 32.2. The average molecular weight is 448 g/mol. The normalized spacial score (nSPS) is 15.7. The number of aryl methyl sites for hydroxylation is 2. The molecule has 10 heteroatoms. The molecular weight excluding hydrogens is 422 g/mol. The number of anilines is 2. The number of hydrogen-bond donors (Lipinski definition) is 2. The molecule has 0 fully saturated rings. The molecule has 0 aromatic heterocycles. The fourth-order valence-corrected chi connectivity index (χ4v) is 4.53. The average Bonchev–Trinajstić information content (AvgIpc) is 2.68. The first-order valence-corrected chi connectivity index (χ1v) is 11.0. The van der Waals surface area contributed by atoms with Gasteiger partial charge in [0.15, 0.2) is 6.10 Å². The monoisotopic (exact) mass is 447 g/mol. The molecule has 1 atom stereocenters. The molecule has 9 nitrogen and oxygen atoms in total. The Kier molecular flexibility index (Phi) is 6.23. The number of benzene rings is 2. The molecule has 2 aromatic carbocycles. The van der Waals surface area contributed by atoms with E-state index in [-0.39, 0.29) is 16.6 Å². The van der Waals surface area contributed by atoms with Crippen LogP contribution in [0.5, 0.6) is 11.5 Å². The Morgan fingerprint density at radius 1 is 1.26 bits per heavy atom. The van der Waals surface area contributed by atoms with E-state index < -0.39 is 28.6 Å². The molecule has 1 aliphatic heterocycles. The SMILES string of the molecule is COc1ccc(C)cc1NC(=O)CN(C)S(=O)(=O)c1cc2c(cc1C)NC(=O)[C@@H](C)O2. The highest BCUT2D eigenvalue weighted by molar-refractivity contribution is 7.89. The number of sulfonamides is 1. The first-order valence-electron chi connectivity index (χ1n) is 9.56. The Balaban J connectivity index is 1.81. The van der Waals surface area contributed by atoms with Crippen molar-refractivity contribution in [2.75, 3.05) is 31.3 Å². The lowest BCUT2D eigenvalue weighted by Gasteiger charge is -2.25. The second-order valence-electron chi connectivity index (χ2n) is 7.38. The van der Waals surface area contributed by atoms with Crippen molar-refractivity contribution in [2.24, 2.45) is 0 Å². The van der Waals surface area contributed by atoms with Gasteiger partial charge < -0.3 is 20.1 Å². The number of carbonyl (C=O) groups excluding carboxylic acids is 2. The van der Waals surface area contributed by atoms with Crippen LogP contribution in [0.4, 0.5) is 11.4 Å². The van der Waals surface area contributed by atoms with Crippen molar-refractivity contribution in [3.63, 3.8) is 0 Å². The molecule has 0 saturated carbocycles. The number of ether oxygens (including phenoxy) is 2. The van der Waals surface area contributed by atoms with Crippen molar-refractivity contribution >= 4 is 33.2 Å². The van der Waals surface area contributed by atoms with Crippen molar-refractivity contribution in [1.82, 2.24) is 4.31 Å². The summed E-state index contributed by atoms with van der Waals surface area (Å²) in [7, 11) is -1.18. The van der Waals surface area contributed by atoms with E-state index in [9.17, 15) is 18.0 Å². The summed E-state index contributed by atoms with van der Waals surface area (Å²) < 4.78 is 38.0. The van der Waals surface area contributed by atoms with Gasteiger partial charge in [-0.25, -0.2) is 8.42 Å². The van der Waals surface area contributed by atoms with Crippen LogP contribution >= 0.6 is 0 Å². The van der Waals surface area contributed by atoms with Crippen LogP contribution in [0, 0.1) is 13.8 Å². The highest BCUT2D eigenvalue weighted by Crippen LogP contribution is 2.35. The van der Waals surface area contributed by atoms with E-state index in [4.69, 9.17) is 9.47 Å². The van der Waals surface area contributed by atoms with E-state index in [1.807, 2.05) is 13.0 Å². The van der Waals surface area contributed by atoms with Gasteiger partial charge >= 0.3 is 0 Å². The summed E-state index contributed by atoms with van der Waals surface area (Å²) in [6, 6.07) is 8.22. The fraction of sp³-hybridized carbons (Fsp3) is 0.333. The summed E-state index contributed by atoms with van der Waals surface area (Å²) >= 11 is 0. The Labute approximate surface area is 181 Å². The van der Waals surface area contributed by atoms with E-state index >= 15 is 0 Å². The Morgan fingerprint density at radius 3 is 2.65 bits per heavy atom. The van der Waals surface area contributed by atoms with Gasteiger partial charge in [0.1, 0.15) is 11.5 Å². The second-order valence-corrected chi connectivity index (χ2v) is 9.39. The summed E-state index contributed by atoms with van der Waals surface area (Å²) in [6.45, 7) is 4.66. The molecule has 0 spiro atoms. The van der Waals surface area contributed by atoms with E-state index in [0.717, 1.165) is 9.87 Å². The number of methoxy groups -OCH3 is 1. The topological polar surface area (TPSA) is 114 Å². The van der Waals surface area contributed by atoms with Crippen LogP contribution in [0.1, 0.15) is 18.1 Å². The van der Waals surface area contributed by atoms with E-state index in [0.29, 0.717) is 22.7 Å². The van der Waals surface area contributed by atoms with E-state index in [2.05, 4.69) is 10.6 Å². The van der Waals surface area contributed by atoms with Gasteiger partial charge in [0.25, 0.3) is 5.91 Å². The molecule has 2 N–H and O–H groups in total. The van der Waals surface area contributed by atoms with Crippen LogP contribution in [0.3, 0.4) is 0 Å². The number of nitrogens with one attached hydrogen (secondary N) is 2. The fourth-order valence-electron chi connectivity index (χ4n) is 3.19. The maximum atomic E-state index is 13.1. The van der Waals surface area contributed by atoms with Gasteiger partial charge in [0.05, 0.1) is 29.9 Å². The Morgan fingerprint density at radius 2 is 1.97 bits per heavy atom. The van der Waals surface area contributed by atoms with E-state index in [1.165, 1.54) is 26.3 Å². The Bertz CT molecular complexity index is 1150. The lowest BCUT2D eigenvalue weighted by molar-refractivity contribution is -0.122. The number of likely N-dealkylation sites (N-methyl/N-ethyl adjacent to an activating group) is 1. The number of carbonyl (C=O) groups is 2. The van der Waals surface area contributed by atoms with E-state index in [1.54, 1.807) is 26.0 Å². The van der Waals surface area contributed by atoms with Gasteiger partial charge in [-0.05, 0) is 50.1 Å². The smallest absolute Gasteiger partial charge is 0.265 e. The van der Waals surface area contributed by atoms with Gasteiger partial charge in [-0.2, -0.15) is 4.31 Å². The lowest BCUT2D eigenvalue weighted by atomic mass is 10.1. The molecular formula is C21H25N3O6S. The number of fused-ring (bicyclic) bond motifs is 1. The van der Waals surface area contributed by atoms with Gasteiger partial charge in [-0.1, -0.05) is 6.07 Å². The maximum Gasteiger partial charge on any atom is 0.265 e. The van der Waals surface area contributed by atoms with Gasteiger partial charge in [0.2, 0.25) is 15.9 Å². The maximum absolute atomic E-state index is 13.1. The quantitative estimate of drug-likeness (QED) is 0.702. The van der Waals surface area contributed by atoms with Crippen molar-refractivity contribution in [3.8, 4) is 11.5 Å².